The van der Waals surface area contributed by atoms with E-state index in [1.807, 2.05) is 0 Å². The maximum Gasteiger partial charge on any atom is 0.327 e. The Bertz CT molecular complexity index is 696. The normalized spacial score (nSPS) is 11.3. The van der Waals surface area contributed by atoms with E-state index in [0.717, 1.165) is 12.5 Å². The lowest BCUT2D eigenvalue weighted by molar-refractivity contribution is -0.131. The zero-order valence-electron chi connectivity index (χ0n) is 12.0. The van der Waals surface area contributed by atoms with Crippen LogP contribution in [0.2, 0.25) is 0 Å². The molecule has 21 heavy (non-hydrogen) atoms. The number of aliphatic carboxylic acids is 1. The topological polar surface area (TPSA) is 37.3 Å². The second-order valence-electron chi connectivity index (χ2n) is 4.75. The number of hydrogen-bond acceptors (Lipinski definition) is 1. The minimum absolute atomic E-state index is 0.833. The molecule has 106 valence electrons. The second kappa shape index (κ2) is 6.71. The summed E-state index contributed by atoms with van der Waals surface area (Å²) in [6.45, 7) is 5.03. The van der Waals surface area contributed by atoms with Gasteiger partial charge in [0.05, 0.1) is 0 Å². The largest absolute Gasteiger partial charge is 0.478 e. The predicted molar refractivity (Wildman–Crippen MR) is 87.2 cm³/mol. The molecule has 0 aromatic heterocycles. The van der Waals surface area contributed by atoms with E-state index in [1.165, 1.54) is 27.8 Å². The van der Waals surface area contributed by atoms with E-state index in [1.54, 1.807) is 0 Å². The van der Waals surface area contributed by atoms with Gasteiger partial charge in [0.1, 0.15) is 0 Å². The van der Waals surface area contributed by atoms with Gasteiger partial charge >= 0.3 is 5.97 Å². The van der Waals surface area contributed by atoms with Crippen LogP contribution in [0.1, 0.15) is 23.6 Å². The fourth-order valence-electron chi connectivity index (χ4n) is 2.52. The van der Waals surface area contributed by atoms with E-state index in [-0.39, 0.29) is 0 Å². The molecule has 1 aliphatic rings. The molecule has 0 saturated carbocycles. The van der Waals surface area contributed by atoms with Crippen molar-refractivity contribution in [2.24, 2.45) is 0 Å². The second-order valence-corrected chi connectivity index (χ2v) is 4.75. The van der Waals surface area contributed by atoms with Crippen molar-refractivity contribution in [2.45, 2.75) is 13.3 Å². The Morgan fingerprint density at radius 2 is 1.81 bits per heavy atom. The summed E-state index contributed by atoms with van der Waals surface area (Å²) < 4.78 is 0. The Morgan fingerprint density at radius 3 is 2.48 bits per heavy atom. The summed E-state index contributed by atoms with van der Waals surface area (Å²) in [5.74, 6) is -0.981. The summed E-state index contributed by atoms with van der Waals surface area (Å²) in [4.78, 5) is 9.25. The van der Waals surface area contributed by atoms with E-state index in [2.05, 4.69) is 68.1 Å². The van der Waals surface area contributed by atoms with Gasteiger partial charge in [-0.05, 0) is 41.2 Å². The number of carbonyl (C=O) groups is 1. The standard InChI is InChI=1S/C16H14.C3H4O2/c1-2-6-12-8-5-10-15-14-9-4-3-7-13(14)11-16(12)15;1-2-3(4)5/h2-10H,11H2,1H3;2H,1H2,(H,4,5). The SMILES string of the molecule is C=CC(=O)O.CC=Cc1cccc2c1Cc1ccccc1-2. The third kappa shape index (κ3) is 3.29. The predicted octanol–water partition coefficient (Wildman–Crippen LogP) is 4.55. The first-order valence-electron chi connectivity index (χ1n) is 6.85. The van der Waals surface area contributed by atoms with Crippen LogP contribution >= 0.6 is 0 Å². The molecule has 3 rings (SSSR count). The summed E-state index contributed by atoms with van der Waals surface area (Å²) in [5, 5.41) is 7.60. The Kier molecular flexibility index (Phi) is 4.72. The quantitative estimate of drug-likeness (QED) is 0.698. The molecule has 2 aromatic carbocycles. The van der Waals surface area contributed by atoms with Crippen molar-refractivity contribution >= 4 is 12.0 Å². The summed E-state index contributed by atoms with van der Waals surface area (Å²) in [6, 6.07) is 15.3. The molecule has 2 aromatic rings. The van der Waals surface area contributed by atoms with Gasteiger partial charge in [-0.25, -0.2) is 4.79 Å². The molecule has 1 N–H and O–H groups in total. The Hall–Kier alpha value is -2.61. The molecule has 0 atom stereocenters. The number of carboxylic acid groups (broad SMARTS) is 1. The van der Waals surface area contributed by atoms with Gasteiger partial charge in [0.15, 0.2) is 0 Å². The van der Waals surface area contributed by atoms with Crippen LogP contribution in [0.4, 0.5) is 0 Å². The number of hydrogen-bond donors (Lipinski definition) is 1. The van der Waals surface area contributed by atoms with Crippen LogP contribution in [0.15, 0.2) is 61.2 Å². The lowest BCUT2D eigenvalue weighted by Gasteiger charge is -2.03. The lowest BCUT2D eigenvalue weighted by atomic mass is 10.0. The van der Waals surface area contributed by atoms with Crippen LogP contribution in [0, 0.1) is 0 Å². The highest BCUT2D eigenvalue weighted by atomic mass is 16.4. The fraction of sp³-hybridized carbons (Fsp3) is 0.105. The van der Waals surface area contributed by atoms with Crippen molar-refractivity contribution in [3.63, 3.8) is 0 Å². The minimum Gasteiger partial charge on any atom is -0.478 e. The molecule has 0 radical (unpaired) electrons. The number of rotatable bonds is 2. The summed E-state index contributed by atoms with van der Waals surface area (Å²) in [5.41, 5.74) is 7.10. The Balaban J connectivity index is 0.000000282. The van der Waals surface area contributed by atoms with Crippen molar-refractivity contribution in [3.05, 3.63) is 77.9 Å². The number of fused-ring (bicyclic) bond motifs is 3. The molecule has 0 bridgehead atoms. The molecular weight excluding hydrogens is 260 g/mol. The zero-order chi connectivity index (χ0) is 15.2. The summed E-state index contributed by atoms with van der Waals surface area (Å²) >= 11 is 0. The van der Waals surface area contributed by atoms with E-state index in [0.29, 0.717) is 0 Å². The van der Waals surface area contributed by atoms with Crippen LogP contribution in [0.3, 0.4) is 0 Å². The minimum atomic E-state index is -0.981. The van der Waals surface area contributed by atoms with E-state index in [4.69, 9.17) is 5.11 Å². The first-order valence-corrected chi connectivity index (χ1v) is 6.85. The molecule has 0 amide bonds. The zero-order valence-corrected chi connectivity index (χ0v) is 12.0. The van der Waals surface area contributed by atoms with Crippen molar-refractivity contribution in [1.82, 2.24) is 0 Å². The third-order valence-electron chi connectivity index (χ3n) is 3.41. The van der Waals surface area contributed by atoms with Crippen molar-refractivity contribution in [3.8, 4) is 11.1 Å². The average Bonchev–Trinajstić information content (AvgIpc) is 2.88. The fourth-order valence-corrected chi connectivity index (χ4v) is 2.52. The van der Waals surface area contributed by atoms with Crippen molar-refractivity contribution in [2.75, 3.05) is 0 Å². The van der Waals surface area contributed by atoms with Gasteiger partial charge in [-0.15, -0.1) is 0 Å². The molecule has 0 heterocycles. The van der Waals surface area contributed by atoms with Gasteiger partial charge in [0.2, 0.25) is 0 Å². The molecule has 0 fully saturated rings. The first kappa shape index (κ1) is 14.8. The Labute approximate surface area is 125 Å². The van der Waals surface area contributed by atoms with Gasteiger partial charge in [-0.1, -0.05) is 61.2 Å². The number of benzene rings is 2. The number of allylic oxidation sites excluding steroid dienone is 1. The van der Waals surface area contributed by atoms with Crippen LogP contribution in [0.5, 0.6) is 0 Å². The van der Waals surface area contributed by atoms with Crippen LogP contribution < -0.4 is 0 Å². The lowest BCUT2D eigenvalue weighted by Crippen LogP contribution is -1.85. The highest BCUT2D eigenvalue weighted by Gasteiger charge is 2.18. The molecule has 0 unspecified atom stereocenters. The van der Waals surface area contributed by atoms with E-state index in [9.17, 15) is 4.79 Å². The smallest absolute Gasteiger partial charge is 0.327 e. The Morgan fingerprint density at radius 1 is 1.14 bits per heavy atom. The average molecular weight is 278 g/mol. The van der Waals surface area contributed by atoms with Crippen molar-refractivity contribution in [1.29, 1.82) is 0 Å². The van der Waals surface area contributed by atoms with Crippen LogP contribution in [-0.4, -0.2) is 11.1 Å². The van der Waals surface area contributed by atoms with Crippen LogP contribution in [-0.2, 0) is 11.2 Å². The van der Waals surface area contributed by atoms with Crippen molar-refractivity contribution < 1.29 is 9.90 Å². The maximum atomic E-state index is 9.25. The monoisotopic (exact) mass is 278 g/mol. The van der Waals surface area contributed by atoms with E-state index < -0.39 is 5.97 Å². The van der Waals surface area contributed by atoms with Crippen LogP contribution in [0.25, 0.3) is 17.2 Å². The molecule has 2 nitrogen and oxygen atoms in total. The summed E-state index contributed by atoms with van der Waals surface area (Å²) in [7, 11) is 0. The highest BCUT2D eigenvalue weighted by Crippen LogP contribution is 2.38. The van der Waals surface area contributed by atoms with Gasteiger partial charge in [-0.2, -0.15) is 0 Å². The maximum absolute atomic E-state index is 9.25. The molecule has 0 spiro atoms. The number of carboxylic acids is 1. The van der Waals surface area contributed by atoms with Gasteiger partial charge < -0.3 is 5.11 Å². The van der Waals surface area contributed by atoms with Gasteiger partial charge in [-0.3, -0.25) is 0 Å². The molecular formula is C19H18O2. The summed E-state index contributed by atoms with van der Waals surface area (Å²) in [6.07, 6.45) is 6.22. The molecule has 0 saturated heterocycles. The first-order chi connectivity index (χ1) is 10.2. The van der Waals surface area contributed by atoms with E-state index >= 15 is 0 Å². The van der Waals surface area contributed by atoms with Gasteiger partial charge in [0, 0.05) is 6.08 Å². The molecule has 1 aliphatic carbocycles. The molecule has 0 aliphatic heterocycles. The molecule has 2 heteroatoms. The highest BCUT2D eigenvalue weighted by molar-refractivity contribution is 5.80. The third-order valence-corrected chi connectivity index (χ3v) is 3.41. The van der Waals surface area contributed by atoms with Gasteiger partial charge in [0.25, 0.3) is 0 Å².